The maximum absolute atomic E-state index is 12.8. The maximum Gasteiger partial charge on any atom is 0.261 e. The molecule has 1 atom stereocenters. The van der Waals surface area contributed by atoms with Crippen LogP contribution in [0.4, 0.5) is 0 Å². The van der Waals surface area contributed by atoms with Gasteiger partial charge in [0, 0.05) is 6.54 Å². The molecule has 3 aromatic rings. The molecule has 150 valence electrons. The van der Waals surface area contributed by atoms with Gasteiger partial charge in [-0.2, -0.15) is 0 Å². The van der Waals surface area contributed by atoms with Crippen molar-refractivity contribution in [1.82, 2.24) is 19.8 Å². The maximum atomic E-state index is 12.8. The van der Waals surface area contributed by atoms with Gasteiger partial charge < -0.3 is 10.2 Å². The number of benzene rings is 2. The molecule has 6 heteroatoms. The minimum Gasteiger partial charge on any atom is -0.346 e. The van der Waals surface area contributed by atoms with E-state index in [0.29, 0.717) is 10.9 Å². The topological polar surface area (TPSA) is 67.2 Å². The van der Waals surface area contributed by atoms with Crippen molar-refractivity contribution in [3.05, 3.63) is 76.3 Å². The largest absolute Gasteiger partial charge is 0.346 e. The number of hydrogen-bond acceptors (Lipinski definition) is 4. The SMILES string of the molecule is Cc1cccc2c(=O)n(CC(=O)NC(CN3CCCC3)c3ccccc3)cnc12. The molecule has 1 fully saturated rings. The van der Waals surface area contributed by atoms with Crippen LogP contribution in [0, 0.1) is 6.92 Å². The van der Waals surface area contributed by atoms with E-state index in [1.54, 1.807) is 6.07 Å². The number of aryl methyl sites for hydroxylation is 1. The summed E-state index contributed by atoms with van der Waals surface area (Å²) in [6.07, 6.45) is 3.87. The van der Waals surface area contributed by atoms with Crippen LogP contribution < -0.4 is 10.9 Å². The van der Waals surface area contributed by atoms with Gasteiger partial charge in [-0.1, -0.05) is 42.5 Å². The lowest BCUT2D eigenvalue weighted by Gasteiger charge is -2.25. The van der Waals surface area contributed by atoms with Gasteiger partial charge in [-0.05, 0) is 50.0 Å². The second-order valence-corrected chi connectivity index (χ2v) is 7.69. The van der Waals surface area contributed by atoms with Crippen LogP contribution in [0.2, 0.25) is 0 Å². The van der Waals surface area contributed by atoms with Crippen molar-refractivity contribution >= 4 is 16.8 Å². The molecular formula is C23H26N4O2. The Morgan fingerprint density at radius 3 is 2.62 bits per heavy atom. The van der Waals surface area contributed by atoms with E-state index >= 15 is 0 Å². The zero-order valence-electron chi connectivity index (χ0n) is 16.7. The third-order valence-electron chi connectivity index (χ3n) is 5.55. The molecule has 0 spiro atoms. The van der Waals surface area contributed by atoms with Crippen LogP contribution in [0.5, 0.6) is 0 Å². The van der Waals surface area contributed by atoms with E-state index in [2.05, 4.69) is 15.2 Å². The van der Waals surface area contributed by atoms with Crippen LogP contribution in [0.3, 0.4) is 0 Å². The summed E-state index contributed by atoms with van der Waals surface area (Å²) in [4.78, 5) is 32.4. The van der Waals surface area contributed by atoms with Gasteiger partial charge in [0.1, 0.15) is 6.54 Å². The van der Waals surface area contributed by atoms with E-state index in [9.17, 15) is 9.59 Å². The number of carbonyl (C=O) groups excluding carboxylic acids is 1. The molecular weight excluding hydrogens is 364 g/mol. The van der Waals surface area contributed by atoms with E-state index in [4.69, 9.17) is 0 Å². The van der Waals surface area contributed by atoms with Crippen molar-refractivity contribution < 1.29 is 4.79 Å². The third kappa shape index (κ3) is 4.38. The molecule has 2 aromatic carbocycles. The van der Waals surface area contributed by atoms with Gasteiger partial charge in [0.2, 0.25) is 5.91 Å². The molecule has 6 nitrogen and oxygen atoms in total. The molecule has 1 aromatic heterocycles. The van der Waals surface area contributed by atoms with Gasteiger partial charge in [0.05, 0.1) is 23.3 Å². The third-order valence-corrected chi connectivity index (χ3v) is 5.55. The average Bonchev–Trinajstić information content (AvgIpc) is 3.24. The van der Waals surface area contributed by atoms with E-state index in [0.717, 1.165) is 30.8 Å². The number of hydrogen-bond donors (Lipinski definition) is 1. The summed E-state index contributed by atoms with van der Waals surface area (Å²) in [5.41, 5.74) is 2.52. The Morgan fingerprint density at radius 2 is 1.86 bits per heavy atom. The first kappa shape index (κ1) is 19.3. The summed E-state index contributed by atoms with van der Waals surface area (Å²) in [6.45, 7) is 4.78. The van der Waals surface area contributed by atoms with Crippen molar-refractivity contribution in [2.24, 2.45) is 0 Å². The van der Waals surface area contributed by atoms with Crippen molar-refractivity contribution in [3.8, 4) is 0 Å². The van der Waals surface area contributed by atoms with Gasteiger partial charge in [-0.25, -0.2) is 4.98 Å². The molecule has 0 radical (unpaired) electrons. The Kier molecular flexibility index (Phi) is 5.71. The summed E-state index contributed by atoms with van der Waals surface area (Å²) >= 11 is 0. The molecule has 1 saturated heterocycles. The molecule has 1 aliphatic rings. The number of carbonyl (C=O) groups is 1. The first-order valence-corrected chi connectivity index (χ1v) is 10.1. The highest BCUT2D eigenvalue weighted by atomic mass is 16.2. The summed E-state index contributed by atoms with van der Waals surface area (Å²) in [7, 11) is 0. The number of aromatic nitrogens is 2. The fraction of sp³-hybridized carbons (Fsp3) is 0.348. The summed E-state index contributed by atoms with van der Waals surface area (Å²) < 4.78 is 1.38. The fourth-order valence-corrected chi connectivity index (χ4v) is 3.99. The number of para-hydroxylation sites is 1. The lowest BCUT2D eigenvalue weighted by Crippen LogP contribution is -2.39. The van der Waals surface area contributed by atoms with Gasteiger partial charge in [0.25, 0.3) is 5.56 Å². The monoisotopic (exact) mass is 390 g/mol. The molecule has 0 bridgehead atoms. The molecule has 0 saturated carbocycles. The van der Waals surface area contributed by atoms with Crippen molar-refractivity contribution in [2.75, 3.05) is 19.6 Å². The first-order chi connectivity index (χ1) is 14.1. The summed E-state index contributed by atoms with van der Waals surface area (Å²) in [5.74, 6) is -0.186. The molecule has 29 heavy (non-hydrogen) atoms. The zero-order chi connectivity index (χ0) is 20.2. The van der Waals surface area contributed by atoms with Crippen LogP contribution in [-0.4, -0.2) is 40.0 Å². The van der Waals surface area contributed by atoms with E-state index in [-0.39, 0.29) is 24.1 Å². The van der Waals surface area contributed by atoms with Gasteiger partial charge in [0.15, 0.2) is 0 Å². The predicted octanol–water partition coefficient (Wildman–Crippen LogP) is 2.66. The number of amides is 1. The van der Waals surface area contributed by atoms with Gasteiger partial charge in [-0.15, -0.1) is 0 Å². The van der Waals surface area contributed by atoms with Crippen LogP contribution in [0.25, 0.3) is 10.9 Å². The van der Waals surface area contributed by atoms with Crippen LogP contribution >= 0.6 is 0 Å². The number of nitrogens with zero attached hydrogens (tertiary/aromatic N) is 3. The molecule has 0 aliphatic carbocycles. The normalized spacial score (nSPS) is 15.5. The molecule has 2 heterocycles. The fourth-order valence-electron chi connectivity index (χ4n) is 3.99. The number of likely N-dealkylation sites (tertiary alicyclic amines) is 1. The van der Waals surface area contributed by atoms with Crippen LogP contribution in [0.1, 0.15) is 30.0 Å². The smallest absolute Gasteiger partial charge is 0.261 e. The summed E-state index contributed by atoms with van der Waals surface area (Å²) in [6, 6.07) is 15.4. The van der Waals surface area contributed by atoms with Crippen LogP contribution in [0.15, 0.2) is 59.7 Å². The Labute approximate surface area is 170 Å². The lowest BCUT2D eigenvalue weighted by molar-refractivity contribution is -0.122. The number of nitrogens with one attached hydrogen (secondary N) is 1. The first-order valence-electron chi connectivity index (χ1n) is 10.1. The van der Waals surface area contributed by atoms with Crippen molar-refractivity contribution in [1.29, 1.82) is 0 Å². The standard InChI is InChI=1S/C23H26N4O2/c1-17-8-7-11-19-22(17)24-16-27(23(19)29)15-21(28)25-20(14-26-12-5-6-13-26)18-9-3-2-4-10-18/h2-4,7-11,16,20H,5-6,12-15H2,1H3,(H,25,28). The van der Waals surface area contributed by atoms with Crippen molar-refractivity contribution in [2.45, 2.75) is 32.4 Å². The Morgan fingerprint density at radius 1 is 1.10 bits per heavy atom. The lowest BCUT2D eigenvalue weighted by atomic mass is 10.1. The van der Waals surface area contributed by atoms with Crippen molar-refractivity contribution in [3.63, 3.8) is 0 Å². The quantitative estimate of drug-likeness (QED) is 0.703. The Hall–Kier alpha value is -2.99. The molecule has 4 rings (SSSR count). The number of fused-ring (bicyclic) bond motifs is 1. The van der Waals surface area contributed by atoms with Gasteiger partial charge in [-0.3, -0.25) is 14.2 Å². The Balaban J connectivity index is 1.53. The second-order valence-electron chi connectivity index (χ2n) is 7.69. The van der Waals surface area contributed by atoms with E-state index in [1.807, 2.05) is 49.4 Å². The highest BCUT2D eigenvalue weighted by Crippen LogP contribution is 2.18. The average molecular weight is 390 g/mol. The molecule has 1 unspecified atom stereocenters. The highest BCUT2D eigenvalue weighted by Gasteiger charge is 2.21. The summed E-state index contributed by atoms with van der Waals surface area (Å²) in [5, 5.41) is 3.67. The zero-order valence-corrected chi connectivity index (χ0v) is 16.7. The van der Waals surface area contributed by atoms with Crippen LogP contribution in [-0.2, 0) is 11.3 Å². The Bertz CT molecular complexity index is 1060. The number of rotatable bonds is 6. The minimum atomic E-state index is -0.190. The minimum absolute atomic E-state index is 0.0426. The predicted molar refractivity (Wildman–Crippen MR) is 114 cm³/mol. The highest BCUT2D eigenvalue weighted by molar-refractivity contribution is 5.81. The molecule has 1 amide bonds. The second kappa shape index (κ2) is 8.57. The molecule has 1 aliphatic heterocycles. The van der Waals surface area contributed by atoms with E-state index < -0.39 is 0 Å². The van der Waals surface area contributed by atoms with Gasteiger partial charge >= 0.3 is 0 Å². The van der Waals surface area contributed by atoms with E-state index in [1.165, 1.54) is 23.7 Å². The molecule has 1 N–H and O–H groups in total.